The Morgan fingerprint density at radius 1 is 1.30 bits per heavy atom. The van der Waals surface area contributed by atoms with Crippen LogP contribution in [0.5, 0.6) is 0 Å². The lowest BCUT2D eigenvalue weighted by Gasteiger charge is -2.38. The molecule has 0 saturated heterocycles. The van der Waals surface area contributed by atoms with E-state index in [4.69, 9.17) is 0 Å². The maximum atomic E-state index is 12.3. The van der Waals surface area contributed by atoms with E-state index in [1.165, 1.54) is 34.6 Å². The van der Waals surface area contributed by atoms with Gasteiger partial charge in [0.1, 0.15) is 0 Å². The second kappa shape index (κ2) is 4.97. The van der Waals surface area contributed by atoms with Crippen molar-refractivity contribution < 1.29 is 18.3 Å². The van der Waals surface area contributed by atoms with Crippen LogP contribution in [0.1, 0.15) is 33.4 Å². The Morgan fingerprint density at radius 3 is 2.15 bits per heavy atom. The van der Waals surface area contributed by atoms with Gasteiger partial charge in [0.05, 0.1) is 5.41 Å². The molecule has 0 aliphatic heterocycles. The van der Waals surface area contributed by atoms with Gasteiger partial charge in [-0.3, -0.25) is 9.59 Å². The molecule has 0 aliphatic rings. The van der Waals surface area contributed by atoms with Gasteiger partial charge < -0.3 is 10.1 Å². The summed E-state index contributed by atoms with van der Waals surface area (Å²) >= 11 is 0.572. The summed E-state index contributed by atoms with van der Waals surface area (Å²) in [6.07, 6.45) is 0. The summed E-state index contributed by atoms with van der Waals surface area (Å²) in [6, 6.07) is 0. The number of aromatic nitrogens is 1. The fraction of sp³-hybridized carbons (Fsp3) is 0.636. The third-order valence-electron chi connectivity index (χ3n) is 3.51. The molecule has 3 N–H and O–H groups in total. The van der Waals surface area contributed by atoms with Crippen molar-refractivity contribution in [3.8, 4) is 0 Å². The standard InChI is InChI=1S/C11H18N2O5S2/c1-6-7(19-9(16)12-6)20(17,18)13-11(4,5)10(2,3)8(14)15/h13H,1-5H3,(H,12,16)(H,14,15). The number of rotatable bonds is 5. The number of carboxylic acid groups (broad SMARTS) is 1. The summed E-state index contributed by atoms with van der Waals surface area (Å²) in [5.41, 5.74) is -2.33. The lowest BCUT2D eigenvalue weighted by atomic mass is 9.75. The van der Waals surface area contributed by atoms with Crippen LogP contribution in [0, 0.1) is 12.3 Å². The fourth-order valence-electron chi connectivity index (χ4n) is 1.42. The Morgan fingerprint density at radius 2 is 1.80 bits per heavy atom. The van der Waals surface area contributed by atoms with Gasteiger partial charge in [0.2, 0.25) is 0 Å². The van der Waals surface area contributed by atoms with Crippen molar-refractivity contribution in [1.29, 1.82) is 0 Å². The van der Waals surface area contributed by atoms with Gasteiger partial charge in [-0.25, -0.2) is 13.1 Å². The van der Waals surface area contributed by atoms with Crippen molar-refractivity contribution in [3.05, 3.63) is 15.4 Å². The highest BCUT2D eigenvalue weighted by Gasteiger charge is 2.46. The molecule has 1 rings (SSSR count). The van der Waals surface area contributed by atoms with E-state index in [-0.39, 0.29) is 9.90 Å². The van der Waals surface area contributed by atoms with Crippen LogP contribution in [0.4, 0.5) is 0 Å². The fourth-order valence-corrected chi connectivity index (χ4v) is 4.27. The minimum atomic E-state index is -3.97. The lowest BCUT2D eigenvalue weighted by Crippen LogP contribution is -2.56. The van der Waals surface area contributed by atoms with Gasteiger partial charge in [-0.05, 0) is 34.6 Å². The topological polar surface area (TPSA) is 116 Å². The van der Waals surface area contributed by atoms with Crippen molar-refractivity contribution in [2.24, 2.45) is 5.41 Å². The first kappa shape index (κ1) is 16.9. The molecular formula is C11H18N2O5S2. The number of aliphatic carboxylic acids is 1. The van der Waals surface area contributed by atoms with E-state index in [0.29, 0.717) is 11.3 Å². The number of hydrogen-bond donors (Lipinski definition) is 3. The molecule has 0 unspecified atom stereocenters. The first-order valence-electron chi connectivity index (χ1n) is 5.78. The van der Waals surface area contributed by atoms with E-state index in [0.717, 1.165) is 0 Å². The molecule has 1 aromatic heterocycles. The quantitative estimate of drug-likeness (QED) is 0.745. The van der Waals surface area contributed by atoms with Crippen molar-refractivity contribution in [2.75, 3.05) is 0 Å². The molecule has 0 fully saturated rings. The summed E-state index contributed by atoms with van der Waals surface area (Å²) in [6.45, 7) is 7.32. The Bertz CT molecular complexity index is 682. The molecule has 9 heteroatoms. The summed E-state index contributed by atoms with van der Waals surface area (Å²) in [4.78, 5) is 24.4. The average molecular weight is 322 g/mol. The van der Waals surface area contributed by atoms with E-state index < -0.39 is 31.8 Å². The minimum Gasteiger partial charge on any atom is -0.481 e. The molecule has 0 aliphatic carbocycles. The molecule has 20 heavy (non-hydrogen) atoms. The molecule has 0 saturated carbocycles. The predicted octanol–water partition coefficient (Wildman–Crippen LogP) is 0.913. The Hall–Kier alpha value is -1.19. The van der Waals surface area contributed by atoms with Crippen LogP contribution in [-0.2, 0) is 14.8 Å². The van der Waals surface area contributed by atoms with E-state index >= 15 is 0 Å². The monoisotopic (exact) mass is 322 g/mol. The van der Waals surface area contributed by atoms with Crippen LogP contribution in [-0.4, -0.2) is 30.0 Å². The summed E-state index contributed by atoms with van der Waals surface area (Å²) in [5.74, 6) is -1.12. The number of aryl methyl sites for hydroxylation is 1. The Balaban J connectivity index is 3.24. The number of carbonyl (C=O) groups is 1. The Labute approximate surface area is 121 Å². The zero-order chi connectivity index (χ0) is 15.9. The van der Waals surface area contributed by atoms with Crippen LogP contribution in [0.3, 0.4) is 0 Å². The van der Waals surface area contributed by atoms with Crippen molar-refractivity contribution >= 4 is 27.3 Å². The lowest BCUT2D eigenvalue weighted by molar-refractivity contribution is -0.150. The average Bonchev–Trinajstić information content (AvgIpc) is 2.56. The van der Waals surface area contributed by atoms with E-state index in [9.17, 15) is 23.1 Å². The van der Waals surface area contributed by atoms with Gasteiger partial charge >= 0.3 is 10.8 Å². The van der Waals surface area contributed by atoms with Gasteiger partial charge in [-0.15, -0.1) is 0 Å². The highest BCUT2D eigenvalue weighted by atomic mass is 32.2. The van der Waals surface area contributed by atoms with Crippen LogP contribution in [0.2, 0.25) is 0 Å². The van der Waals surface area contributed by atoms with Crippen molar-refractivity contribution in [1.82, 2.24) is 9.71 Å². The number of thiazole rings is 1. The van der Waals surface area contributed by atoms with E-state index in [2.05, 4.69) is 9.71 Å². The van der Waals surface area contributed by atoms with Crippen molar-refractivity contribution in [2.45, 2.75) is 44.4 Å². The molecule has 0 bridgehead atoms. The highest BCUT2D eigenvalue weighted by molar-refractivity contribution is 7.91. The van der Waals surface area contributed by atoms with E-state index in [1.54, 1.807) is 0 Å². The maximum Gasteiger partial charge on any atom is 0.310 e. The smallest absolute Gasteiger partial charge is 0.310 e. The normalized spacial score (nSPS) is 13.4. The van der Waals surface area contributed by atoms with E-state index in [1.807, 2.05) is 0 Å². The largest absolute Gasteiger partial charge is 0.481 e. The molecule has 0 aromatic carbocycles. The predicted molar refractivity (Wildman–Crippen MR) is 75.5 cm³/mol. The zero-order valence-corrected chi connectivity index (χ0v) is 13.5. The van der Waals surface area contributed by atoms with Gasteiger partial charge in [-0.1, -0.05) is 11.3 Å². The second-order valence-corrected chi connectivity index (χ2v) is 8.45. The van der Waals surface area contributed by atoms with Crippen LogP contribution >= 0.6 is 11.3 Å². The maximum absolute atomic E-state index is 12.3. The highest BCUT2D eigenvalue weighted by Crippen LogP contribution is 2.32. The summed E-state index contributed by atoms with van der Waals surface area (Å²) in [7, 11) is -3.97. The van der Waals surface area contributed by atoms with Crippen LogP contribution in [0.25, 0.3) is 0 Å². The Kier molecular flexibility index (Phi) is 4.19. The van der Waals surface area contributed by atoms with Gasteiger partial charge in [0, 0.05) is 11.2 Å². The molecule has 0 amide bonds. The third-order valence-corrected chi connectivity index (χ3v) is 6.77. The first-order valence-corrected chi connectivity index (χ1v) is 8.08. The first-order chi connectivity index (χ1) is 8.81. The number of nitrogens with one attached hydrogen (secondary N) is 2. The number of sulfonamides is 1. The van der Waals surface area contributed by atoms with Gasteiger partial charge in [0.25, 0.3) is 10.0 Å². The van der Waals surface area contributed by atoms with Crippen molar-refractivity contribution in [3.63, 3.8) is 0 Å². The number of aromatic amines is 1. The number of carboxylic acids is 1. The molecule has 0 spiro atoms. The molecular weight excluding hydrogens is 304 g/mol. The molecule has 1 heterocycles. The second-order valence-electron chi connectivity index (χ2n) is 5.59. The number of H-pyrrole nitrogens is 1. The summed E-state index contributed by atoms with van der Waals surface area (Å²) in [5, 5.41) is 9.21. The van der Waals surface area contributed by atoms with Crippen LogP contribution in [0.15, 0.2) is 9.00 Å². The zero-order valence-electron chi connectivity index (χ0n) is 11.9. The minimum absolute atomic E-state index is 0.128. The van der Waals surface area contributed by atoms with Gasteiger partial charge in [-0.2, -0.15) is 0 Å². The molecule has 0 radical (unpaired) electrons. The third kappa shape index (κ3) is 2.94. The SMILES string of the molecule is Cc1[nH]c(=O)sc1S(=O)(=O)NC(C)(C)C(C)(C)C(=O)O. The molecule has 0 atom stereocenters. The molecule has 1 aromatic rings. The van der Waals surface area contributed by atoms with Crippen LogP contribution < -0.4 is 9.60 Å². The van der Waals surface area contributed by atoms with Gasteiger partial charge in [0.15, 0.2) is 4.21 Å². The summed E-state index contributed by atoms with van der Waals surface area (Å²) < 4.78 is 26.8. The molecule has 114 valence electrons. The molecule has 7 nitrogen and oxygen atoms in total. The number of hydrogen-bond acceptors (Lipinski definition) is 5.